The lowest BCUT2D eigenvalue weighted by Crippen LogP contribution is -2.17. The normalized spacial score (nSPS) is 20.0. The molecule has 0 heterocycles. The lowest BCUT2D eigenvalue weighted by Gasteiger charge is -2.03. The molecule has 0 rings (SSSR count). The van der Waals surface area contributed by atoms with Gasteiger partial charge in [-0.2, -0.15) is 0 Å². The molecular formula is C56H140O28. The summed E-state index contributed by atoms with van der Waals surface area (Å²) in [4.78, 5) is 0. The van der Waals surface area contributed by atoms with Gasteiger partial charge in [0.1, 0.15) is 0 Å². The summed E-state index contributed by atoms with van der Waals surface area (Å²) in [5, 5.41) is 235. The Labute approximate surface area is 506 Å². The zero-order valence-electron chi connectivity index (χ0n) is 56.7. The number of aliphatic hydroxyl groups excluding tert-OH is 28. The van der Waals surface area contributed by atoms with E-state index < -0.39 is 171 Å². The maximum Gasteiger partial charge on any atom is 0.0768 e. The van der Waals surface area contributed by atoms with Crippen LogP contribution in [0.15, 0.2) is 0 Å². The van der Waals surface area contributed by atoms with E-state index in [-0.39, 0.29) is 0 Å². The van der Waals surface area contributed by atoms with Crippen LogP contribution < -0.4 is 0 Å². The predicted octanol–water partition coefficient (Wildman–Crippen LogP) is -3.53. The standard InChI is InChI=1S/14C4H10O2/c14*1-3(5)4(2)6/h14*3-6H,1-2H3/t14*3-,4-/m11111100000000/s1. The van der Waals surface area contributed by atoms with Crippen LogP contribution in [-0.2, 0) is 0 Å². The van der Waals surface area contributed by atoms with Gasteiger partial charge in [0, 0.05) is 0 Å². The van der Waals surface area contributed by atoms with Crippen LogP contribution in [0.4, 0.5) is 0 Å². The van der Waals surface area contributed by atoms with Gasteiger partial charge in [-0.3, -0.25) is 0 Å². The quantitative estimate of drug-likeness (QED) is 0.0801. The van der Waals surface area contributed by atoms with Crippen LogP contribution in [-0.4, -0.2) is 314 Å². The Balaban J connectivity index is -0.0000000524. The highest BCUT2D eigenvalue weighted by Crippen LogP contribution is 1.92. The summed E-state index contributed by atoms with van der Waals surface area (Å²) in [6.45, 7) is 43.3. The maximum absolute atomic E-state index is 8.38. The summed E-state index contributed by atoms with van der Waals surface area (Å²) in [5.74, 6) is 0. The molecule has 0 aliphatic carbocycles. The van der Waals surface area contributed by atoms with Crippen molar-refractivity contribution in [3.05, 3.63) is 0 Å². The second-order valence-corrected chi connectivity index (χ2v) is 20.7. The van der Waals surface area contributed by atoms with Crippen LogP contribution in [0.1, 0.15) is 194 Å². The molecule has 0 aromatic carbocycles. The number of hydrogen-bond donors (Lipinski definition) is 28. The van der Waals surface area contributed by atoms with E-state index in [1.165, 1.54) is 0 Å². The van der Waals surface area contributed by atoms with E-state index in [0.29, 0.717) is 0 Å². The van der Waals surface area contributed by atoms with E-state index in [2.05, 4.69) is 0 Å². The molecular weight excluding hydrogens is 1120 g/mol. The minimum atomic E-state index is -0.593. The van der Waals surface area contributed by atoms with E-state index >= 15 is 0 Å². The highest BCUT2D eigenvalue weighted by atomic mass is 16.4. The summed E-state index contributed by atoms with van der Waals surface area (Å²) in [6.07, 6.45) is -16.6. The van der Waals surface area contributed by atoms with Crippen molar-refractivity contribution in [1.29, 1.82) is 0 Å². The number of aliphatic hydroxyl groups is 28. The van der Waals surface area contributed by atoms with Gasteiger partial charge in [0.05, 0.1) is 171 Å². The molecule has 532 valence electrons. The average Bonchev–Trinajstić information content (AvgIpc) is 3.31. The summed E-state index contributed by atoms with van der Waals surface area (Å²) >= 11 is 0. The van der Waals surface area contributed by atoms with E-state index in [4.69, 9.17) is 143 Å². The van der Waals surface area contributed by atoms with Crippen molar-refractivity contribution in [2.75, 3.05) is 0 Å². The molecule has 28 heteroatoms. The van der Waals surface area contributed by atoms with Crippen LogP contribution in [0.25, 0.3) is 0 Å². The summed E-state index contributed by atoms with van der Waals surface area (Å²) in [7, 11) is 0. The molecule has 28 nitrogen and oxygen atoms in total. The average molecular weight is 1260 g/mol. The van der Waals surface area contributed by atoms with Crippen LogP contribution in [0.3, 0.4) is 0 Å². The zero-order valence-corrected chi connectivity index (χ0v) is 56.7. The van der Waals surface area contributed by atoms with E-state index in [0.717, 1.165) is 0 Å². The van der Waals surface area contributed by atoms with Crippen molar-refractivity contribution in [2.45, 2.75) is 365 Å². The molecule has 0 fully saturated rings. The number of rotatable bonds is 14. The van der Waals surface area contributed by atoms with Crippen LogP contribution in [0.2, 0.25) is 0 Å². The highest BCUT2D eigenvalue weighted by Gasteiger charge is 2.06. The molecule has 0 saturated heterocycles. The van der Waals surface area contributed by atoms with Crippen molar-refractivity contribution < 1.29 is 143 Å². The molecule has 84 heavy (non-hydrogen) atoms. The van der Waals surface area contributed by atoms with Crippen molar-refractivity contribution in [3.8, 4) is 0 Å². The first-order chi connectivity index (χ1) is 37.0. The molecule has 28 atom stereocenters. The third-order valence-corrected chi connectivity index (χ3v) is 9.77. The minimum Gasteiger partial charge on any atom is -0.391 e. The molecule has 0 radical (unpaired) electrons. The first-order valence-electron chi connectivity index (χ1n) is 28.1. The lowest BCUT2D eigenvalue weighted by molar-refractivity contribution is 0.0438. The fourth-order valence-electron chi connectivity index (χ4n) is 0. The molecule has 0 spiro atoms. The van der Waals surface area contributed by atoms with Crippen molar-refractivity contribution in [3.63, 3.8) is 0 Å². The minimum absolute atomic E-state index is 0.593. The van der Waals surface area contributed by atoms with Gasteiger partial charge < -0.3 is 143 Å². The van der Waals surface area contributed by atoms with Gasteiger partial charge in [-0.05, 0) is 194 Å². The fraction of sp³-hybridized carbons (Fsp3) is 1.00. The fourth-order valence-corrected chi connectivity index (χ4v) is 0. The van der Waals surface area contributed by atoms with Gasteiger partial charge >= 0.3 is 0 Å². The zero-order chi connectivity index (χ0) is 72.2. The first-order valence-corrected chi connectivity index (χ1v) is 28.1. The molecule has 0 saturated carbocycles. The van der Waals surface area contributed by atoms with Gasteiger partial charge in [0.15, 0.2) is 0 Å². The Morgan fingerprint density at radius 3 is 0.0833 bits per heavy atom. The molecule has 0 aromatic heterocycles. The van der Waals surface area contributed by atoms with Gasteiger partial charge in [0.2, 0.25) is 0 Å². The van der Waals surface area contributed by atoms with Gasteiger partial charge in [-0.15, -0.1) is 0 Å². The van der Waals surface area contributed by atoms with Crippen molar-refractivity contribution >= 4 is 0 Å². The third kappa shape index (κ3) is 171. The summed E-state index contributed by atoms with van der Waals surface area (Å²) < 4.78 is 0. The molecule has 0 amide bonds. The molecule has 0 aliphatic rings. The summed E-state index contributed by atoms with van der Waals surface area (Å²) in [5.41, 5.74) is 0. The molecule has 0 unspecified atom stereocenters. The highest BCUT2D eigenvalue weighted by molar-refractivity contribution is 4.57. The van der Waals surface area contributed by atoms with Gasteiger partial charge in [-0.1, -0.05) is 0 Å². The largest absolute Gasteiger partial charge is 0.391 e. The first kappa shape index (κ1) is 117. The molecule has 0 aromatic rings. The maximum atomic E-state index is 8.38. The van der Waals surface area contributed by atoms with Crippen molar-refractivity contribution in [2.24, 2.45) is 0 Å². The second kappa shape index (κ2) is 78.0. The second-order valence-electron chi connectivity index (χ2n) is 20.7. The van der Waals surface area contributed by atoms with Gasteiger partial charge in [-0.25, -0.2) is 0 Å². The van der Waals surface area contributed by atoms with Crippen LogP contribution in [0.5, 0.6) is 0 Å². The van der Waals surface area contributed by atoms with Crippen molar-refractivity contribution in [1.82, 2.24) is 0 Å². The Kier molecular flexibility index (Phi) is 109. The predicted molar refractivity (Wildman–Crippen MR) is 327 cm³/mol. The Hall–Kier alpha value is -1.12. The van der Waals surface area contributed by atoms with Gasteiger partial charge in [0.25, 0.3) is 0 Å². The molecule has 28 N–H and O–H groups in total. The number of hydrogen-bond acceptors (Lipinski definition) is 28. The Bertz CT molecular complexity index is 691. The van der Waals surface area contributed by atoms with E-state index in [1.54, 1.807) is 194 Å². The smallest absolute Gasteiger partial charge is 0.0768 e. The lowest BCUT2D eigenvalue weighted by atomic mass is 10.3. The monoisotopic (exact) mass is 1260 g/mol. The third-order valence-electron chi connectivity index (χ3n) is 9.77. The Morgan fingerprint density at radius 1 is 0.0714 bits per heavy atom. The van der Waals surface area contributed by atoms with E-state index in [1.807, 2.05) is 0 Å². The Morgan fingerprint density at radius 2 is 0.0833 bits per heavy atom. The summed E-state index contributed by atoms with van der Waals surface area (Å²) in [6, 6.07) is 0. The SMILES string of the molecule is C[C@@H](O)[C@@H](C)O.C[C@@H](O)[C@@H](C)O.C[C@@H](O)[C@@H](C)O.C[C@@H](O)[C@@H](C)O.C[C@@H](O)[C@@H](C)O.C[C@@H](O)[C@@H](C)O.C[C@H](O)[C@H](C)O.C[C@H](O)[C@H](C)O.C[C@H](O)[C@H](C)O.C[C@H](O)[C@H](C)O.C[C@H](O)[C@H](C)O.C[C@H](O)[C@H](C)O.C[C@H](O)[C@H](C)O.C[C@H](O)[C@H](C)O. The molecule has 0 aliphatic heterocycles. The molecule has 0 bridgehead atoms. The van der Waals surface area contributed by atoms with Crippen LogP contribution in [0, 0.1) is 0 Å². The van der Waals surface area contributed by atoms with E-state index in [9.17, 15) is 0 Å². The van der Waals surface area contributed by atoms with Crippen LogP contribution >= 0.6 is 0 Å². The topological polar surface area (TPSA) is 566 Å².